The lowest BCUT2D eigenvalue weighted by atomic mass is 9.88. The van der Waals surface area contributed by atoms with Gasteiger partial charge in [-0.25, -0.2) is 0 Å². The summed E-state index contributed by atoms with van der Waals surface area (Å²) < 4.78 is 0. The lowest BCUT2D eigenvalue weighted by Crippen LogP contribution is -2.38. The topological polar surface area (TPSA) is 19.0 Å². The minimum absolute atomic E-state index is 0.624. The Bertz CT molecular complexity index is 598. The van der Waals surface area contributed by atoms with Crippen molar-refractivity contribution >= 4 is 10.9 Å². The van der Waals surface area contributed by atoms with Crippen LogP contribution >= 0.6 is 0 Å². The van der Waals surface area contributed by atoms with Crippen LogP contribution in [0.3, 0.4) is 0 Å². The maximum absolute atomic E-state index is 3.74. The van der Waals surface area contributed by atoms with Crippen LogP contribution in [0.25, 0.3) is 10.9 Å². The van der Waals surface area contributed by atoms with Crippen molar-refractivity contribution in [2.45, 2.75) is 38.6 Å². The summed E-state index contributed by atoms with van der Waals surface area (Å²) in [6.07, 6.45) is 5.28. The van der Waals surface area contributed by atoms with Crippen LogP contribution in [-0.2, 0) is 6.42 Å². The molecule has 2 aromatic rings. The first-order valence-corrected chi connectivity index (χ1v) is 7.68. The van der Waals surface area contributed by atoms with Gasteiger partial charge in [0.25, 0.3) is 0 Å². The van der Waals surface area contributed by atoms with E-state index in [1.807, 2.05) is 0 Å². The molecule has 1 aromatic heterocycles. The van der Waals surface area contributed by atoms with Gasteiger partial charge in [0.2, 0.25) is 0 Å². The van der Waals surface area contributed by atoms with Gasteiger partial charge in [0.05, 0.1) is 6.04 Å². The van der Waals surface area contributed by atoms with E-state index in [1.165, 1.54) is 55.4 Å². The zero-order chi connectivity index (χ0) is 12.8. The zero-order valence-electron chi connectivity index (χ0n) is 11.7. The Kier molecular flexibility index (Phi) is 2.66. The van der Waals surface area contributed by atoms with E-state index < -0.39 is 0 Å². The van der Waals surface area contributed by atoms with Gasteiger partial charge in [-0.1, -0.05) is 25.1 Å². The predicted molar refractivity (Wildman–Crippen MR) is 79.3 cm³/mol. The van der Waals surface area contributed by atoms with E-state index >= 15 is 0 Å². The number of aryl methyl sites for hydroxylation is 1. The third-order valence-corrected chi connectivity index (χ3v) is 5.05. The van der Waals surface area contributed by atoms with Gasteiger partial charge in [-0.15, -0.1) is 0 Å². The van der Waals surface area contributed by atoms with Crippen molar-refractivity contribution in [3.8, 4) is 0 Å². The monoisotopic (exact) mass is 254 g/mol. The average molecular weight is 254 g/mol. The summed E-state index contributed by atoms with van der Waals surface area (Å²) in [6.45, 7) is 4.98. The van der Waals surface area contributed by atoms with E-state index in [1.54, 1.807) is 5.56 Å². The molecular weight excluding hydrogens is 232 g/mol. The van der Waals surface area contributed by atoms with E-state index in [0.29, 0.717) is 6.04 Å². The molecule has 1 fully saturated rings. The minimum Gasteiger partial charge on any atom is -0.357 e. The van der Waals surface area contributed by atoms with E-state index in [-0.39, 0.29) is 0 Å². The summed E-state index contributed by atoms with van der Waals surface area (Å²) in [7, 11) is 0. The Hall–Kier alpha value is -1.28. The Morgan fingerprint density at radius 3 is 2.95 bits per heavy atom. The van der Waals surface area contributed by atoms with E-state index in [0.717, 1.165) is 5.92 Å². The van der Waals surface area contributed by atoms with Gasteiger partial charge in [0.15, 0.2) is 0 Å². The lowest BCUT2D eigenvalue weighted by Gasteiger charge is -2.38. The number of H-pyrrole nitrogens is 1. The van der Waals surface area contributed by atoms with Crippen LogP contribution in [0.5, 0.6) is 0 Å². The summed E-state index contributed by atoms with van der Waals surface area (Å²) in [5, 5.41) is 1.46. The highest BCUT2D eigenvalue weighted by molar-refractivity contribution is 5.85. The van der Waals surface area contributed by atoms with Crippen molar-refractivity contribution in [2.75, 3.05) is 13.1 Å². The van der Waals surface area contributed by atoms with E-state index in [9.17, 15) is 0 Å². The number of nitrogens with zero attached hydrogens (tertiary/aromatic N) is 1. The smallest absolute Gasteiger partial charge is 0.0527 e. The summed E-state index contributed by atoms with van der Waals surface area (Å²) in [5.41, 5.74) is 4.44. The molecule has 2 atom stereocenters. The molecule has 100 valence electrons. The number of hydrogen-bond acceptors (Lipinski definition) is 1. The highest BCUT2D eigenvalue weighted by Gasteiger charge is 2.34. The van der Waals surface area contributed by atoms with E-state index in [2.05, 4.69) is 41.1 Å². The van der Waals surface area contributed by atoms with Gasteiger partial charge in [-0.05, 0) is 56.3 Å². The van der Waals surface area contributed by atoms with Crippen LogP contribution in [-0.4, -0.2) is 23.0 Å². The first-order chi connectivity index (χ1) is 9.34. The van der Waals surface area contributed by atoms with Crippen LogP contribution < -0.4 is 0 Å². The van der Waals surface area contributed by atoms with Crippen LogP contribution in [0.2, 0.25) is 0 Å². The molecule has 0 bridgehead atoms. The molecule has 0 aliphatic carbocycles. The molecule has 0 amide bonds. The Morgan fingerprint density at radius 2 is 2.00 bits per heavy atom. The number of para-hydroxylation sites is 1. The van der Waals surface area contributed by atoms with Crippen molar-refractivity contribution in [3.63, 3.8) is 0 Å². The molecule has 0 spiro atoms. The molecule has 2 aliphatic heterocycles. The Balaban J connectivity index is 1.90. The molecule has 1 saturated heterocycles. The molecular formula is C17H22N2. The summed E-state index contributed by atoms with van der Waals surface area (Å²) in [4.78, 5) is 6.46. The van der Waals surface area contributed by atoms with Gasteiger partial charge in [0, 0.05) is 16.6 Å². The molecule has 2 aliphatic rings. The number of nitrogens with one attached hydrogen (secondary N) is 1. The third-order valence-electron chi connectivity index (χ3n) is 5.05. The van der Waals surface area contributed by atoms with Gasteiger partial charge >= 0.3 is 0 Å². The number of rotatable bonds is 0. The molecule has 19 heavy (non-hydrogen) atoms. The standard InChI is InChI=1S/C17H22N2/c1-12-6-4-10-19-11-5-8-14-13-7-2-3-9-15(13)18-16(14)17(12)19/h2-3,7,9,12,17-18H,4-6,8,10-11H2,1H3/t12-,17-/m1/s1. The molecule has 3 heterocycles. The summed E-state index contributed by atoms with van der Waals surface area (Å²) >= 11 is 0. The molecule has 4 rings (SSSR count). The fraction of sp³-hybridized carbons (Fsp3) is 0.529. The highest BCUT2D eigenvalue weighted by atomic mass is 15.2. The fourth-order valence-corrected chi connectivity index (χ4v) is 4.19. The SMILES string of the molecule is C[C@@H]1CCCN2CCCc3c([nH]c4ccccc34)[C@@H]12. The fourth-order valence-electron chi connectivity index (χ4n) is 4.19. The second-order valence-corrected chi connectivity index (χ2v) is 6.27. The zero-order valence-corrected chi connectivity index (χ0v) is 11.7. The van der Waals surface area contributed by atoms with Gasteiger partial charge in [0.1, 0.15) is 0 Å². The van der Waals surface area contributed by atoms with Gasteiger partial charge < -0.3 is 4.98 Å². The van der Waals surface area contributed by atoms with Crippen molar-refractivity contribution < 1.29 is 0 Å². The lowest BCUT2D eigenvalue weighted by molar-refractivity contribution is 0.102. The van der Waals surface area contributed by atoms with Gasteiger partial charge in [-0.2, -0.15) is 0 Å². The molecule has 2 nitrogen and oxygen atoms in total. The second kappa shape index (κ2) is 4.38. The second-order valence-electron chi connectivity index (χ2n) is 6.27. The predicted octanol–water partition coefficient (Wildman–Crippen LogP) is 3.89. The van der Waals surface area contributed by atoms with Crippen LogP contribution in [0.15, 0.2) is 24.3 Å². The molecule has 1 N–H and O–H groups in total. The molecule has 0 saturated carbocycles. The van der Waals surface area contributed by atoms with Crippen LogP contribution in [0, 0.1) is 5.92 Å². The van der Waals surface area contributed by atoms with Crippen molar-refractivity contribution in [1.82, 2.24) is 9.88 Å². The molecule has 0 radical (unpaired) electrons. The Morgan fingerprint density at radius 1 is 1.16 bits per heavy atom. The van der Waals surface area contributed by atoms with Gasteiger partial charge in [-0.3, -0.25) is 4.90 Å². The molecule has 0 unspecified atom stereocenters. The number of benzene rings is 1. The minimum atomic E-state index is 0.624. The number of fused-ring (bicyclic) bond motifs is 5. The van der Waals surface area contributed by atoms with Crippen LogP contribution in [0.4, 0.5) is 0 Å². The largest absolute Gasteiger partial charge is 0.357 e. The number of aromatic amines is 1. The maximum Gasteiger partial charge on any atom is 0.0527 e. The summed E-state index contributed by atoms with van der Waals surface area (Å²) in [6, 6.07) is 9.44. The first kappa shape index (κ1) is 11.5. The Labute approximate surface area is 114 Å². The third kappa shape index (κ3) is 1.73. The first-order valence-electron chi connectivity index (χ1n) is 7.68. The average Bonchev–Trinajstić information content (AvgIpc) is 2.67. The summed E-state index contributed by atoms with van der Waals surface area (Å²) in [5.74, 6) is 0.777. The normalized spacial score (nSPS) is 27.8. The molecule has 1 aromatic carbocycles. The van der Waals surface area contributed by atoms with E-state index in [4.69, 9.17) is 0 Å². The van der Waals surface area contributed by atoms with Crippen molar-refractivity contribution in [1.29, 1.82) is 0 Å². The number of piperidine rings is 1. The quantitative estimate of drug-likeness (QED) is 0.755. The number of hydrogen-bond donors (Lipinski definition) is 1. The van der Waals surface area contributed by atoms with Crippen molar-refractivity contribution in [3.05, 3.63) is 35.5 Å². The highest BCUT2D eigenvalue weighted by Crippen LogP contribution is 2.41. The van der Waals surface area contributed by atoms with Crippen LogP contribution in [0.1, 0.15) is 43.5 Å². The van der Waals surface area contributed by atoms with Crippen molar-refractivity contribution in [2.24, 2.45) is 5.92 Å². The molecule has 2 heteroatoms. The number of aromatic nitrogens is 1. The maximum atomic E-state index is 3.74.